The van der Waals surface area contributed by atoms with Crippen LogP contribution in [0.4, 0.5) is 10.8 Å². The summed E-state index contributed by atoms with van der Waals surface area (Å²) in [7, 11) is 0. The summed E-state index contributed by atoms with van der Waals surface area (Å²) in [5.41, 5.74) is 4.32. The summed E-state index contributed by atoms with van der Waals surface area (Å²) in [5, 5.41) is 14.0. The third-order valence-corrected chi connectivity index (χ3v) is 3.24. The van der Waals surface area contributed by atoms with Crippen LogP contribution < -0.4 is 10.6 Å². The predicted molar refractivity (Wildman–Crippen MR) is 77.8 cm³/mol. The van der Waals surface area contributed by atoms with E-state index < -0.39 is 0 Å². The van der Waals surface area contributed by atoms with Crippen LogP contribution in [0.2, 0.25) is 0 Å². The van der Waals surface area contributed by atoms with Crippen molar-refractivity contribution < 1.29 is 4.79 Å². The second-order valence-electron chi connectivity index (χ2n) is 4.15. The summed E-state index contributed by atoms with van der Waals surface area (Å²) in [5.74, 6) is -0.165. The normalized spacial score (nSPS) is 10.2. The first-order chi connectivity index (χ1) is 9.20. The van der Waals surface area contributed by atoms with Gasteiger partial charge < -0.3 is 5.32 Å². The van der Waals surface area contributed by atoms with Crippen molar-refractivity contribution in [3.8, 4) is 0 Å². The number of aromatic nitrogens is 2. The van der Waals surface area contributed by atoms with Crippen molar-refractivity contribution >= 4 is 28.1 Å². The van der Waals surface area contributed by atoms with Gasteiger partial charge in [0.1, 0.15) is 5.51 Å². The van der Waals surface area contributed by atoms with E-state index in [1.807, 2.05) is 19.1 Å². The van der Waals surface area contributed by atoms with Crippen LogP contribution in [-0.2, 0) is 0 Å². The third kappa shape index (κ3) is 3.51. The summed E-state index contributed by atoms with van der Waals surface area (Å²) in [6, 6.07) is 5.61. The maximum Gasteiger partial charge on any atom is 0.257 e. The zero-order valence-corrected chi connectivity index (χ0v) is 11.8. The van der Waals surface area contributed by atoms with Gasteiger partial charge in [-0.3, -0.25) is 10.1 Å². The minimum atomic E-state index is -0.165. The van der Waals surface area contributed by atoms with Gasteiger partial charge in [-0.1, -0.05) is 18.3 Å². The molecule has 0 atom stereocenters. The lowest BCUT2D eigenvalue weighted by atomic mass is 10.1. The van der Waals surface area contributed by atoms with E-state index >= 15 is 0 Å². The van der Waals surface area contributed by atoms with Crippen molar-refractivity contribution in [1.82, 2.24) is 10.2 Å². The van der Waals surface area contributed by atoms with Crippen LogP contribution in [0.25, 0.3) is 0 Å². The van der Waals surface area contributed by atoms with Gasteiger partial charge in [0.2, 0.25) is 5.13 Å². The number of aryl methyl sites for hydroxylation is 1. The van der Waals surface area contributed by atoms with Crippen LogP contribution in [0.5, 0.6) is 0 Å². The van der Waals surface area contributed by atoms with E-state index in [4.69, 9.17) is 0 Å². The van der Waals surface area contributed by atoms with E-state index in [-0.39, 0.29) is 5.91 Å². The molecule has 19 heavy (non-hydrogen) atoms. The Morgan fingerprint density at radius 2 is 2.26 bits per heavy atom. The fraction of sp³-hybridized carbons (Fsp3) is 0.308. The average molecular weight is 276 g/mol. The third-order valence-electron chi connectivity index (χ3n) is 2.63. The number of benzene rings is 1. The molecule has 0 spiro atoms. The molecule has 0 bridgehead atoms. The van der Waals surface area contributed by atoms with Crippen molar-refractivity contribution in [1.29, 1.82) is 0 Å². The van der Waals surface area contributed by atoms with Crippen molar-refractivity contribution in [2.24, 2.45) is 0 Å². The predicted octanol–water partition coefficient (Wildman–Crippen LogP) is 2.92. The molecule has 6 heteroatoms. The summed E-state index contributed by atoms with van der Waals surface area (Å²) < 4.78 is 0. The molecule has 0 saturated carbocycles. The minimum absolute atomic E-state index is 0.165. The van der Waals surface area contributed by atoms with Crippen LogP contribution in [-0.4, -0.2) is 22.6 Å². The van der Waals surface area contributed by atoms with Gasteiger partial charge >= 0.3 is 0 Å². The highest BCUT2D eigenvalue weighted by Gasteiger charge is 2.09. The second kappa shape index (κ2) is 6.29. The van der Waals surface area contributed by atoms with Gasteiger partial charge in [0.15, 0.2) is 0 Å². The number of nitrogens with zero attached hydrogens (tertiary/aromatic N) is 2. The number of carbonyl (C=O) groups excluding carboxylic acids is 1. The molecule has 1 aromatic carbocycles. The summed E-state index contributed by atoms with van der Waals surface area (Å²) >= 11 is 1.30. The van der Waals surface area contributed by atoms with E-state index in [1.165, 1.54) is 11.3 Å². The number of hydrogen-bond donors (Lipinski definition) is 2. The molecule has 0 unspecified atom stereocenters. The van der Waals surface area contributed by atoms with Gasteiger partial charge in [0, 0.05) is 17.8 Å². The molecule has 0 fully saturated rings. The Hall–Kier alpha value is -1.95. The van der Waals surface area contributed by atoms with E-state index in [0.29, 0.717) is 10.7 Å². The molecule has 5 nitrogen and oxygen atoms in total. The molecule has 0 saturated heterocycles. The summed E-state index contributed by atoms with van der Waals surface area (Å²) in [6.45, 7) is 5.03. The maximum absolute atomic E-state index is 12.0. The fourth-order valence-corrected chi connectivity index (χ4v) is 2.10. The largest absolute Gasteiger partial charge is 0.385 e. The first kappa shape index (κ1) is 13.5. The molecule has 2 rings (SSSR count). The second-order valence-corrected chi connectivity index (χ2v) is 4.99. The standard InChI is InChI=1S/C13H16N4OS/c1-3-6-14-11-5-4-10(7-9(11)2)12(18)16-13-17-15-8-19-13/h4-5,7-8,14H,3,6H2,1-2H3,(H,16,17,18). The van der Waals surface area contributed by atoms with Crippen LogP contribution in [0, 0.1) is 6.92 Å². The molecule has 1 amide bonds. The minimum Gasteiger partial charge on any atom is -0.385 e. The van der Waals surface area contributed by atoms with Gasteiger partial charge in [0.25, 0.3) is 5.91 Å². The smallest absolute Gasteiger partial charge is 0.257 e. The maximum atomic E-state index is 12.0. The number of hydrogen-bond acceptors (Lipinski definition) is 5. The molecule has 0 aliphatic carbocycles. The summed E-state index contributed by atoms with van der Waals surface area (Å²) in [4.78, 5) is 12.0. The van der Waals surface area contributed by atoms with Gasteiger partial charge in [0.05, 0.1) is 0 Å². The summed E-state index contributed by atoms with van der Waals surface area (Å²) in [6.07, 6.45) is 1.07. The SMILES string of the molecule is CCCNc1ccc(C(=O)Nc2nncs2)cc1C. The quantitative estimate of drug-likeness (QED) is 0.881. The monoisotopic (exact) mass is 276 g/mol. The van der Waals surface area contributed by atoms with Gasteiger partial charge in [-0.15, -0.1) is 10.2 Å². The van der Waals surface area contributed by atoms with Gasteiger partial charge in [-0.05, 0) is 37.1 Å². The molecule has 1 heterocycles. The Labute approximate surface area is 116 Å². The highest BCUT2D eigenvalue weighted by atomic mass is 32.1. The highest BCUT2D eigenvalue weighted by Crippen LogP contribution is 2.18. The molecule has 1 aromatic heterocycles. The zero-order valence-electron chi connectivity index (χ0n) is 10.9. The number of rotatable bonds is 5. The van der Waals surface area contributed by atoms with E-state index in [0.717, 1.165) is 24.2 Å². The van der Waals surface area contributed by atoms with E-state index in [1.54, 1.807) is 11.6 Å². The van der Waals surface area contributed by atoms with Crippen LogP contribution in [0.1, 0.15) is 29.3 Å². The molecule has 0 aliphatic heterocycles. The molecule has 0 aliphatic rings. The van der Waals surface area contributed by atoms with Crippen LogP contribution in [0.3, 0.4) is 0 Å². The number of amides is 1. The molecular formula is C13H16N4OS. The fourth-order valence-electron chi connectivity index (χ4n) is 1.66. The van der Waals surface area contributed by atoms with Crippen molar-refractivity contribution in [2.75, 3.05) is 17.2 Å². The molecule has 0 radical (unpaired) electrons. The van der Waals surface area contributed by atoms with Crippen LogP contribution >= 0.6 is 11.3 Å². The Morgan fingerprint density at radius 1 is 1.42 bits per heavy atom. The van der Waals surface area contributed by atoms with Gasteiger partial charge in [-0.2, -0.15) is 0 Å². The van der Waals surface area contributed by atoms with E-state index in [9.17, 15) is 4.79 Å². The molecular weight excluding hydrogens is 260 g/mol. The van der Waals surface area contributed by atoms with Crippen molar-refractivity contribution in [2.45, 2.75) is 20.3 Å². The average Bonchev–Trinajstić information content (AvgIpc) is 2.90. The molecule has 2 aromatic rings. The van der Waals surface area contributed by atoms with Gasteiger partial charge in [-0.25, -0.2) is 0 Å². The van der Waals surface area contributed by atoms with Crippen molar-refractivity contribution in [3.63, 3.8) is 0 Å². The highest BCUT2D eigenvalue weighted by molar-refractivity contribution is 7.13. The Bertz CT molecular complexity index is 554. The zero-order chi connectivity index (χ0) is 13.7. The Kier molecular flexibility index (Phi) is 4.46. The lowest BCUT2D eigenvalue weighted by molar-refractivity contribution is 0.102. The topological polar surface area (TPSA) is 66.9 Å². The Morgan fingerprint density at radius 3 is 2.89 bits per heavy atom. The molecule has 100 valence electrons. The number of nitrogens with one attached hydrogen (secondary N) is 2. The number of anilines is 2. The lowest BCUT2D eigenvalue weighted by Gasteiger charge is -2.10. The Balaban J connectivity index is 2.08. The first-order valence-corrected chi connectivity index (χ1v) is 7.00. The van der Waals surface area contributed by atoms with Crippen molar-refractivity contribution in [3.05, 3.63) is 34.8 Å². The molecule has 2 N–H and O–H groups in total. The number of carbonyl (C=O) groups is 1. The first-order valence-electron chi connectivity index (χ1n) is 6.12. The lowest BCUT2D eigenvalue weighted by Crippen LogP contribution is -2.12. The van der Waals surface area contributed by atoms with E-state index in [2.05, 4.69) is 27.8 Å². The van der Waals surface area contributed by atoms with Crippen LogP contribution in [0.15, 0.2) is 23.7 Å².